The van der Waals surface area contributed by atoms with Crippen LogP contribution in [0.5, 0.6) is 0 Å². The largest absolute Gasteiger partial charge is 0.456 e. The Balaban J connectivity index is 2.06. The van der Waals surface area contributed by atoms with Crippen LogP contribution in [0.4, 0.5) is 0 Å². The van der Waals surface area contributed by atoms with Crippen LogP contribution in [0.15, 0.2) is 57.8 Å². The second kappa shape index (κ2) is 3.36. The summed E-state index contributed by atoms with van der Waals surface area (Å²) in [6.45, 7) is 0. The van der Waals surface area contributed by atoms with Crippen molar-refractivity contribution in [2.45, 2.75) is 0 Å². The molecule has 20 heavy (non-hydrogen) atoms. The van der Waals surface area contributed by atoms with Crippen LogP contribution in [0.3, 0.4) is 0 Å². The lowest BCUT2D eigenvalue weighted by molar-refractivity contribution is 0.654. The molecule has 5 aromatic rings. The van der Waals surface area contributed by atoms with Crippen LogP contribution >= 0.6 is 0 Å². The fraction of sp³-hybridized carbons (Fsp3) is 0. The summed E-state index contributed by atoms with van der Waals surface area (Å²) in [5.74, 6) is 0. The molecule has 0 bridgehead atoms. The summed E-state index contributed by atoms with van der Waals surface area (Å²) >= 11 is 0. The molecule has 3 heterocycles. The molecule has 0 aliphatic heterocycles. The van der Waals surface area contributed by atoms with Crippen LogP contribution in [0, 0.1) is 0 Å². The molecule has 3 aromatic heterocycles. The van der Waals surface area contributed by atoms with Gasteiger partial charge in [0.25, 0.3) is 0 Å². The number of hydrogen-bond donors (Lipinski definition) is 0. The number of aromatic nitrogens is 2. The molecular formula is C16H8N2O2. The van der Waals surface area contributed by atoms with E-state index in [1.54, 1.807) is 6.20 Å². The van der Waals surface area contributed by atoms with Crippen molar-refractivity contribution in [1.82, 2.24) is 9.97 Å². The molecule has 4 heteroatoms. The molecule has 5 rings (SSSR count). The van der Waals surface area contributed by atoms with E-state index in [0.29, 0.717) is 5.58 Å². The zero-order chi connectivity index (χ0) is 13.1. The van der Waals surface area contributed by atoms with Gasteiger partial charge in [0.05, 0.1) is 6.20 Å². The number of nitrogens with zero attached hydrogens (tertiary/aromatic N) is 2. The van der Waals surface area contributed by atoms with Gasteiger partial charge < -0.3 is 8.83 Å². The molecule has 0 aliphatic rings. The van der Waals surface area contributed by atoms with Gasteiger partial charge in [0.2, 0.25) is 0 Å². The molecule has 0 atom stereocenters. The van der Waals surface area contributed by atoms with Crippen molar-refractivity contribution in [2.75, 3.05) is 0 Å². The summed E-state index contributed by atoms with van der Waals surface area (Å²) in [5, 5.41) is 3.17. The van der Waals surface area contributed by atoms with Crippen LogP contribution in [-0.4, -0.2) is 9.97 Å². The first kappa shape index (κ1) is 9.97. The smallest absolute Gasteiger partial charge is 0.172 e. The van der Waals surface area contributed by atoms with E-state index in [1.165, 1.54) is 6.33 Å². The van der Waals surface area contributed by atoms with Crippen LogP contribution in [0.25, 0.3) is 44.0 Å². The first-order valence-electron chi connectivity index (χ1n) is 6.34. The van der Waals surface area contributed by atoms with Crippen molar-refractivity contribution in [1.29, 1.82) is 0 Å². The van der Waals surface area contributed by atoms with E-state index in [-0.39, 0.29) is 0 Å². The average molecular weight is 260 g/mol. The van der Waals surface area contributed by atoms with Gasteiger partial charge in [-0.05, 0) is 12.1 Å². The van der Waals surface area contributed by atoms with Crippen LogP contribution in [0.2, 0.25) is 0 Å². The van der Waals surface area contributed by atoms with Crippen LogP contribution < -0.4 is 0 Å². The standard InChI is InChI=1S/C16H8N2O2/c1-2-4-12-9(3-1)10-5-11-14(6-13(10)19-12)20-15-7-17-8-18-16(11)15/h1-8H. The van der Waals surface area contributed by atoms with Crippen LogP contribution in [0.1, 0.15) is 0 Å². The number of fused-ring (bicyclic) bond motifs is 6. The number of furan rings is 2. The Hall–Kier alpha value is -2.88. The Kier molecular flexibility index (Phi) is 1.68. The molecule has 0 saturated heterocycles. The van der Waals surface area contributed by atoms with Crippen molar-refractivity contribution in [2.24, 2.45) is 0 Å². The molecule has 0 spiro atoms. The first-order valence-corrected chi connectivity index (χ1v) is 6.34. The van der Waals surface area contributed by atoms with E-state index >= 15 is 0 Å². The van der Waals surface area contributed by atoms with E-state index < -0.39 is 0 Å². The molecule has 0 fully saturated rings. The van der Waals surface area contributed by atoms with Crippen molar-refractivity contribution in [3.8, 4) is 0 Å². The first-order chi connectivity index (χ1) is 9.90. The zero-order valence-corrected chi connectivity index (χ0v) is 10.3. The Bertz CT molecular complexity index is 1020. The van der Waals surface area contributed by atoms with Gasteiger partial charge in [-0.15, -0.1) is 0 Å². The number of rotatable bonds is 0. The van der Waals surface area contributed by atoms with Gasteiger partial charge in [0.15, 0.2) is 5.58 Å². The lowest BCUT2D eigenvalue weighted by Crippen LogP contribution is -1.75. The molecule has 0 unspecified atom stereocenters. The Morgan fingerprint density at radius 3 is 2.60 bits per heavy atom. The normalized spacial score (nSPS) is 12.0. The lowest BCUT2D eigenvalue weighted by atomic mass is 10.1. The maximum Gasteiger partial charge on any atom is 0.172 e. The number of para-hydroxylation sites is 1. The summed E-state index contributed by atoms with van der Waals surface area (Å²) in [7, 11) is 0. The molecular weight excluding hydrogens is 252 g/mol. The van der Waals surface area contributed by atoms with Crippen molar-refractivity contribution in [3.05, 3.63) is 48.9 Å². The predicted molar refractivity (Wildman–Crippen MR) is 76.6 cm³/mol. The summed E-state index contributed by atoms with van der Waals surface area (Å²) in [4.78, 5) is 8.29. The molecule has 0 saturated carbocycles. The van der Waals surface area contributed by atoms with Gasteiger partial charge in [0.1, 0.15) is 28.6 Å². The molecule has 0 radical (unpaired) electrons. The predicted octanol–water partition coefficient (Wildman–Crippen LogP) is 4.28. The summed E-state index contributed by atoms with van der Waals surface area (Å²) < 4.78 is 11.6. The van der Waals surface area contributed by atoms with Crippen molar-refractivity contribution >= 4 is 44.0 Å². The quantitative estimate of drug-likeness (QED) is 0.417. The maximum absolute atomic E-state index is 5.86. The molecule has 2 aromatic carbocycles. The van der Waals surface area contributed by atoms with E-state index in [0.717, 1.165) is 38.4 Å². The SMILES string of the molecule is c1ccc2c(c1)oc1cc3oc4cncnc4c3cc12. The fourth-order valence-corrected chi connectivity index (χ4v) is 2.73. The molecule has 0 N–H and O–H groups in total. The Morgan fingerprint density at radius 2 is 1.60 bits per heavy atom. The van der Waals surface area contributed by atoms with Gasteiger partial charge in [-0.25, -0.2) is 9.97 Å². The minimum atomic E-state index is 0.694. The maximum atomic E-state index is 5.86. The van der Waals surface area contributed by atoms with E-state index in [4.69, 9.17) is 8.83 Å². The minimum absolute atomic E-state index is 0.694. The molecule has 0 aliphatic carbocycles. The average Bonchev–Trinajstić information content (AvgIpc) is 3.02. The fourth-order valence-electron chi connectivity index (χ4n) is 2.73. The summed E-state index contributed by atoms with van der Waals surface area (Å²) in [6.07, 6.45) is 3.22. The highest BCUT2D eigenvalue weighted by Gasteiger charge is 2.13. The monoisotopic (exact) mass is 260 g/mol. The van der Waals surface area contributed by atoms with E-state index in [9.17, 15) is 0 Å². The highest BCUT2D eigenvalue weighted by molar-refractivity contribution is 6.13. The zero-order valence-electron chi connectivity index (χ0n) is 10.3. The lowest BCUT2D eigenvalue weighted by Gasteiger charge is -1.90. The highest BCUT2D eigenvalue weighted by Crippen LogP contribution is 2.35. The second-order valence-electron chi connectivity index (χ2n) is 4.78. The molecule has 0 amide bonds. The summed E-state index contributed by atoms with van der Waals surface area (Å²) in [6, 6.07) is 12.0. The Morgan fingerprint density at radius 1 is 0.750 bits per heavy atom. The Labute approximate surface area is 112 Å². The third-order valence-corrected chi connectivity index (χ3v) is 3.63. The summed E-state index contributed by atoms with van der Waals surface area (Å²) in [5.41, 5.74) is 4.01. The van der Waals surface area contributed by atoms with E-state index in [2.05, 4.69) is 22.1 Å². The van der Waals surface area contributed by atoms with Crippen LogP contribution in [-0.2, 0) is 0 Å². The topological polar surface area (TPSA) is 52.1 Å². The molecule has 94 valence electrons. The molecule has 4 nitrogen and oxygen atoms in total. The van der Waals surface area contributed by atoms with E-state index in [1.807, 2.05) is 24.3 Å². The van der Waals surface area contributed by atoms with Gasteiger partial charge >= 0.3 is 0 Å². The minimum Gasteiger partial charge on any atom is -0.456 e. The third-order valence-electron chi connectivity index (χ3n) is 3.63. The second-order valence-corrected chi connectivity index (χ2v) is 4.78. The third kappa shape index (κ3) is 1.15. The van der Waals surface area contributed by atoms with Gasteiger partial charge in [-0.3, -0.25) is 0 Å². The number of benzene rings is 2. The van der Waals surface area contributed by atoms with Crippen molar-refractivity contribution in [3.63, 3.8) is 0 Å². The number of hydrogen-bond acceptors (Lipinski definition) is 4. The van der Waals surface area contributed by atoms with Gasteiger partial charge in [0, 0.05) is 22.2 Å². The van der Waals surface area contributed by atoms with Gasteiger partial charge in [-0.2, -0.15) is 0 Å². The van der Waals surface area contributed by atoms with Gasteiger partial charge in [-0.1, -0.05) is 18.2 Å². The van der Waals surface area contributed by atoms with Crippen molar-refractivity contribution < 1.29 is 8.83 Å². The highest BCUT2D eigenvalue weighted by atomic mass is 16.3.